The molecule has 4 nitrogen and oxygen atoms in total. The molecule has 0 radical (unpaired) electrons. The zero-order valence-corrected chi connectivity index (χ0v) is 15.9. The molecule has 4 rings (SSSR count). The monoisotopic (exact) mass is 414 g/mol. The molecule has 0 fully saturated rings. The van der Waals surface area contributed by atoms with Crippen LogP contribution in [-0.4, -0.2) is 10.1 Å². The average Bonchev–Trinajstić information content (AvgIpc) is 3.18. The number of hydrogen-bond donors (Lipinski definition) is 0. The Bertz CT molecular complexity index is 1100. The van der Waals surface area contributed by atoms with Crippen molar-refractivity contribution in [1.29, 1.82) is 0 Å². The molecule has 0 aliphatic rings. The highest BCUT2D eigenvalue weighted by Gasteiger charge is 2.11. The smallest absolute Gasteiger partial charge is 0.258 e. The van der Waals surface area contributed by atoms with Gasteiger partial charge in [-0.3, -0.25) is 0 Å². The van der Waals surface area contributed by atoms with Gasteiger partial charge in [0.25, 0.3) is 5.89 Å². The number of nitrogens with zero attached hydrogens (tertiary/aromatic N) is 2. The van der Waals surface area contributed by atoms with Gasteiger partial charge in [0, 0.05) is 16.1 Å². The van der Waals surface area contributed by atoms with E-state index in [0.717, 1.165) is 11.1 Å². The fraction of sp³-hybridized carbons (Fsp3) is 0.0476. The third-order valence-electron chi connectivity index (χ3n) is 4.02. The van der Waals surface area contributed by atoms with E-state index in [0.29, 0.717) is 39.7 Å². The van der Waals surface area contributed by atoms with Crippen molar-refractivity contribution >= 4 is 23.2 Å². The van der Waals surface area contributed by atoms with Crippen molar-refractivity contribution in [1.82, 2.24) is 10.1 Å². The van der Waals surface area contributed by atoms with Gasteiger partial charge >= 0.3 is 0 Å². The molecule has 1 aromatic heterocycles. The molecule has 0 aliphatic carbocycles. The van der Waals surface area contributed by atoms with Gasteiger partial charge in [0.2, 0.25) is 5.82 Å². The van der Waals surface area contributed by atoms with Crippen LogP contribution in [-0.2, 0) is 6.61 Å². The first-order valence-corrected chi connectivity index (χ1v) is 9.11. The number of aromatic nitrogens is 2. The lowest BCUT2D eigenvalue weighted by Crippen LogP contribution is -1.96. The van der Waals surface area contributed by atoms with Crippen molar-refractivity contribution < 1.29 is 13.7 Å². The van der Waals surface area contributed by atoms with E-state index in [4.69, 9.17) is 32.5 Å². The number of ether oxygens (including phenoxy) is 1. The molecule has 0 saturated heterocycles. The molecule has 0 aliphatic heterocycles. The van der Waals surface area contributed by atoms with Crippen molar-refractivity contribution in [3.05, 3.63) is 88.2 Å². The van der Waals surface area contributed by atoms with Crippen molar-refractivity contribution in [2.75, 3.05) is 0 Å². The number of benzene rings is 3. The third-order valence-corrected chi connectivity index (χ3v) is 4.55. The lowest BCUT2D eigenvalue weighted by Gasteiger charge is -2.08. The van der Waals surface area contributed by atoms with E-state index in [2.05, 4.69) is 10.1 Å². The van der Waals surface area contributed by atoms with Gasteiger partial charge in [-0.1, -0.05) is 40.5 Å². The second-order valence-corrected chi connectivity index (χ2v) is 6.83. The summed E-state index contributed by atoms with van der Waals surface area (Å²) in [6, 6.07) is 18.5. The Balaban J connectivity index is 1.45. The Morgan fingerprint density at radius 3 is 2.32 bits per heavy atom. The maximum Gasteiger partial charge on any atom is 0.258 e. The minimum Gasteiger partial charge on any atom is -0.487 e. The van der Waals surface area contributed by atoms with E-state index in [9.17, 15) is 4.39 Å². The average molecular weight is 415 g/mol. The van der Waals surface area contributed by atoms with Gasteiger partial charge in [-0.25, -0.2) is 4.39 Å². The molecule has 0 atom stereocenters. The standard InChI is InChI=1S/C21H13Cl2FN2O2/c22-16-7-10-19(18(23)11-16)27-12-13-1-3-15(4-2-13)21-25-20(26-28-21)14-5-8-17(24)9-6-14/h1-11H,12H2. The van der Waals surface area contributed by atoms with Crippen LogP contribution in [0.1, 0.15) is 5.56 Å². The molecule has 0 N–H and O–H groups in total. The van der Waals surface area contributed by atoms with Crippen LogP contribution in [0.5, 0.6) is 5.75 Å². The summed E-state index contributed by atoms with van der Waals surface area (Å²) in [6.07, 6.45) is 0. The molecule has 28 heavy (non-hydrogen) atoms. The molecule has 4 aromatic rings. The van der Waals surface area contributed by atoms with Crippen molar-refractivity contribution in [2.45, 2.75) is 6.61 Å². The summed E-state index contributed by atoms with van der Waals surface area (Å²) >= 11 is 12.0. The Kier molecular flexibility index (Phi) is 5.28. The summed E-state index contributed by atoms with van der Waals surface area (Å²) in [5, 5.41) is 4.97. The first-order valence-electron chi connectivity index (χ1n) is 8.35. The second-order valence-electron chi connectivity index (χ2n) is 5.99. The SMILES string of the molecule is Fc1ccc(-c2noc(-c3ccc(COc4ccc(Cl)cc4Cl)cc3)n2)cc1. The van der Waals surface area contributed by atoms with Gasteiger partial charge in [-0.05, 0) is 60.2 Å². The Morgan fingerprint density at radius 2 is 1.61 bits per heavy atom. The Labute approximate surface area is 170 Å². The number of halogens is 3. The molecule has 0 bridgehead atoms. The topological polar surface area (TPSA) is 48.2 Å². The van der Waals surface area contributed by atoms with Gasteiger partial charge in [-0.15, -0.1) is 0 Å². The van der Waals surface area contributed by atoms with E-state index in [1.54, 1.807) is 30.3 Å². The molecule has 1 heterocycles. The molecule has 0 amide bonds. The lowest BCUT2D eigenvalue weighted by atomic mass is 10.1. The largest absolute Gasteiger partial charge is 0.487 e. The van der Waals surface area contributed by atoms with Crippen LogP contribution in [0.25, 0.3) is 22.8 Å². The van der Waals surface area contributed by atoms with E-state index in [-0.39, 0.29) is 5.82 Å². The van der Waals surface area contributed by atoms with Crippen molar-refractivity contribution in [3.63, 3.8) is 0 Å². The summed E-state index contributed by atoms with van der Waals surface area (Å²) in [7, 11) is 0. The third kappa shape index (κ3) is 4.16. The first-order chi connectivity index (χ1) is 13.6. The summed E-state index contributed by atoms with van der Waals surface area (Å²) in [5.41, 5.74) is 2.41. The molecule has 0 spiro atoms. The van der Waals surface area contributed by atoms with Crippen LogP contribution < -0.4 is 4.74 Å². The molecule has 3 aromatic carbocycles. The van der Waals surface area contributed by atoms with Crippen LogP contribution in [0.2, 0.25) is 10.0 Å². The highest BCUT2D eigenvalue weighted by atomic mass is 35.5. The molecular formula is C21H13Cl2FN2O2. The summed E-state index contributed by atoms with van der Waals surface area (Å²) in [4.78, 5) is 4.36. The van der Waals surface area contributed by atoms with E-state index in [1.165, 1.54) is 12.1 Å². The Morgan fingerprint density at radius 1 is 0.893 bits per heavy atom. The van der Waals surface area contributed by atoms with Crippen LogP contribution in [0, 0.1) is 5.82 Å². The summed E-state index contributed by atoms with van der Waals surface area (Å²) in [5.74, 6) is 1.04. The van der Waals surface area contributed by atoms with Crippen LogP contribution in [0.4, 0.5) is 4.39 Å². The van der Waals surface area contributed by atoms with Gasteiger partial charge in [0.15, 0.2) is 0 Å². The van der Waals surface area contributed by atoms with Crippen molar-refractivity contribution in [2.24, 2.45) is 0 Å². The predicted molar refractivity (Wildman–Crippen MR) is 106 cm³/mol. The Hall–Kier alpha value is -2.89. The maximum absolute atomic E-state index is 13.0. The van der Waals surface area contributed by atoms with Crippen LogP contribution in [0.3, 0.4) is 0 Å². The summed E-state index contributed by atoms with van der Waals surface area (Å²) < 4.78 is 24.1. The fourth-order valence-electron chi connectivity index (χ4n) is 2.55. The minimum absolute atomic E-state index is 0.315. The fourth-order valence-corrected chi connectivity index (χ4v) is 3.02. The van der Waals surface area contributed by atoms with Gasteiger partial charge in [0.05, 0.1) is 5.02 Å². The number of rotatable bonds is 5. The lowest BCUT2D eigenvalue weighted by molar-refractivity contribution is 0.306. The van der Waals surface area contributed by atoms with E-state index in [1.807, 2.05) is 24.3 Å². The zero-order valence-electron chi connectivity index (χ0n) is 14.4. The van der Waals surface area contributed by atoms with Gasteiger partial charge < -0.3 is 9.26 Å². The van der Waals surface area contributed by atoms with Crippen LogP contribution >= 0.6 is 23.2 Å². The predicted octanol–water partition coefficient (Wildman–Crippen LogP) is 6.43. The second kappa shape index (κ2) is 8.00. The molecule has 0 unspecified atom stereocenters. The molecule has 0 saturated carbocycles. The molecule has 140 valence electrons. The number of hydrogen-bond acceptors (Lipinski definition) is 4. The van der Waals surface area contributed by atoms with Crippen molar-refractivity contribution in [3.8, 4) is 28.6 Å². The van der Waals surface area contributed by atoms with E-state index < -0.39 is 0 Å². The first kappa shape index (κ1) is 18.5. The quantitative estimate of drug-likeness (QED) is 0.377. The summed E-state index contributed by atoms with van der Waals surface area (Å²) in [6.45, 7) is 0.353. The van der Waals surface area contributed by atoms with Crippen LogP contribution in [0.15, 0.2) is 71.3 Å². The molecular weight excluding hydrogens is 402 g/mol. The molecule has 7 heteroatoms. The maximum atomic E-state index is 13.0. The highest BCUT2D eigenvalue weighted by Crippen LogP contribution is 2.28. The van der Waals surface area contributed by atoms with E-state index >= 15 is 0 Å². The minimum atomic E-state index is -0.315. The highest BCUT2D eigenvalue weighted by molar-refractivity contribution is 6.35. The van der Waals surface area contributed by atoms with Gasteiger partial charge in [-0.2, -0.15) is 4.98 Å². The van der Waals surface area contributed by atoms with Gasteiger partial charge in [0.1, 0.15) is 18.2 Å². The normalized spacial score (nSPS) is 10.8. The zero-order chi connectivity index (χ0) is 19.5.